The van der Waals surface area contributed by atoms with E-state index in [9.17, 15) is 22.5 Å². The van der Waals surface area contributed by atoms with Crippen molar-refractivity contribution in [1.29, 1.82) is 0 Å². The van der Waals surface area contributed by atoms with Crippen LogP contribution >= 0.6 is 0 Å². The van der Waals surface area contributed by atoms with E-state index in [1.165, 1.54) is 13.8 Å². The first-order valence-electron chi connectivity index (χ1n) is 9.95. The second kappa shape index (κ2) is 22.4. The van der Waals surface area contributed by atoms with Crippen molar-refractivity contribution in [2.75, 3.05) is 26.4 Å². The Bertz CT molecular complexity index is 472. The number of ether oxygens (including phenoxy) is 2. The predicted molar refractivity (Wildman–Crippen MR) is 106 cm³/mol. The van der Waals surface area contributed by atoms with Crippen LogP contribution in [0.5, 0.6) is 0 Å². The van der Waals surface area contributed by atoms with E-state index in [4.69, 9.17) is 6.64 Å². The summed E-state index contributed by atoms with van der Waals surface area (Å²) in [5.74, 6) is -0.356. The van der Waals surface area contributed by atoms with Gasteiger partial charge in [0.1, 0.15) is 24.4 Å². The Morgan fingerprint density at radius 3 is 1.20 bits per heavy atom. The minimum atomic E-state index is -2.82. The van der Waals surface area contributed by atoms with Crippen molar-refractivity contribution >= 4 is 23.5 Å². The number of hydrogen-bond acceptors (Lipinski definition) is 9. The Balaban J connectivity index is -0.000000371. The molecule has 0 N–H and O–H groups in total. The van der Waals surface area contributed by atoms with Gasteiger partial charge in [-0.25, -0.2) is 0 Å². The second-order valence-corrected chi connectivity index (χ2v) is 8.71. The average Bonchev–Trinajstić information content (AvgIpc) is 2.58. The molecule has 0 atom stereocenters. The van der Waals surface area contributed by atoms with Crippen molar-refractivity contribution in [3.05, 3.63) is 0 Å². The van der Waals surface area contributed by atoms with Crippen LogP contribution in [-0.4, -0.2) is 49.9 Å². The fourth-order valence-corrected chi connectivity index (χ4v) is 2.94. The monoisotopic (exact) mass is 470 g/mol. The molecular weight excluding hydrogens is 432 g/mol. The standard InChI is InChI=1S/2C6H10O3.2C4H9O.O.Ti/c2*1-3-9-6(8)4-5(2)7;2*1-4(2)3-5;;/h2*3-4H2,1-2H3;2*4H,3H2,1-2H3;;/q;;2*-1;;+2. The summed E-state index contributed by atoms with van der Waals surface area (Å²) in [5.41, 5.74) is 0. The molecule has 0 spiro atoms. The third kappa shape index (κ3) is 34.2. The summed E-state index contributed by atoms with van der Waals surface area (Å²) < 4.78 is 30.1. The first-order chi connectivity index (χ1) is 13.8. The van der Waals surface area contributed by atoms with Gasteiger partial charge < -0.3 is 9.47 Å². The fraction of sp³-hybridized carbons (Fsp3) is 0.800. The van der Waals surface area contributed by atoms with Gasteiger partial charge in [0.15, 0.2) is 0 Å². The van der Waals surface area contributed by atoms with Gasteiger partial charge in [-0.1, -0.05) is 0 Å². The predicted octanol–water partition coefficient (Wildman–Crippen LogP) is 3.18. The fourth-order valence-electron chi connectivity index (χ4n) is 1.34. The van der Waals surface area contributed by atoms with Gasteiger partial charge >= 0.3 is 93.3 Å². The molecule has 0 aromatic heterocycles. The molecule has 0 aromatic carbocycles. The van der Waals surface area contributed by atoms with Crippen LogP contribution < -0.4 is 0 Å². The molecule has 0 aromatic rings. The number of hydrogen-bond donors (Lipinski definition) is 0. The summed E-state index contributed by atoms with van der Waals surface area (Å²) in [6.07, 6.45) is -0.207. The van der Waals surface area contributed by atoms with Crippen molar-refractivity contribution < 1.29 is 57.2 Å². The molecule has 0 heterocycles. The van der Waals surface area contributed by atoms with Gasteiger partial charge in [-0.2, -0.15) is 0 Å². The molecular formula is C20H38O9Ti. The van der Waals surface area contributed by atoms with Crippen LogP contribution in [0.25, 0.3) is 0 Å². The van der Waals surface area contributed by atoms with Crippen LogP contribution in [0.3, 0.4) is 0 Å². The summed E-state index contributed by atoms with van der Waals surface area (Å²) in [7, 11) is 0. The maximum atomic E-state index is 11.1. The Morgan fingerprint density at radius 2 is 1.00 bits per heavy atom. The first-order valence-corrected chi connectivity index (χ1v) is 11.9. The molecule has 0 bridgehead atoms. The SMILES string of the molecule is CC(C)C[O][Ti](=[O])[O]CC(C)C.CCOC(=O)CC(C)=O.CCOC(=O)CC(C)=O. The van der Waals surface area contributed by atoms with Gasteiger partial charge in [0.05, 0.1) is 13.2 Å². The number of Topliss-reactive ketones (excluding diaryl/α,β-unsaturated/α-hetero) is 2. The maximum Gasteiger partial charge on any atom is 0.313 e. The van der Waals surface area contributed by atoms with Crippen LogP contribution in [-0.2, 0) is 57.2 Å². The molecule has 0 aliphatic rings. The van der Waals surface area contributed by atoms with Crippen molar-refractivity contribution in [3.63, 3.8) is 0 Å². The average molecular weight is 470 g/mol. The molecule has 10 heteroatoms. The van der Waals surface area contributed by atoms with Crippen LogP contribution in [0.1, 0.15) is 68.2 Å². The third-order valence-electron chi connectivity index (χ3n) is 2.47. The number of carbonyl (C=O) groups excluding carboxylic acids is 4. The largest absolute Gasteiger partial charge is 0.466 e. The second-order valence-electron chi connectivity index (χ2n) is 7.03. The molecule has 9 nitrogen and oxygen atoms in total. The number of esters is 2. The molecule has 0 saturated carbocycles. The zero-order valence-corrected chi connectivity index (χ0v) is 21.1. The Morgan fingerprint density at radius 1 is 0.700 bits per heavy atom. The number of rotatable bonds is 12. The van der Waals surface area contributed by atoms with Gasteiger partial charge in [-0.05, 0) is 27.7 Å². The topological polar surface area (TPSA) is 122 Å². The Kier molecular flexibility index (Phi) is 24.9. The van der Waals surface area contributed by atoms with E-state index in [1.807, 2.05) is 27.7 Å². The Labute approximate surface area is 187 Å². The van der Waals surface area contributed by atoms with Crippen LogP contribution in [0.15, 0.2) is 0 Å². The zero-order chi connectivity index (χ0) is 24.1. The van der Waals surface area contributed by atoms with Crippen LogP contribution in [0.4, 0.5) is 0 Å². The van der Waals surface area contributed by atoms with Crippen molar-refractivity contribution in [3.8, 4) is 0 Å². The summed E-state index contributed by atoms with van der Waals surface area (Å²) in [4.78, 5) is 41.3. The molecule has 176 valence electrons. The number of carbonyl (C=O) groups is 4. The minimum Gasteiger partial charge on any atom is -0.466 e. The molecule has 0 aliphatic carbocycles. The van der Waals surface area contributed by atoms with E-state index in [2.05, 4.69) is 9.47 Å². The van der Waals surface area contributed by atoms with E-state index in [0.29, 0.717) is 38.3 Å². The summed E-state index contributed by atoms with van der Waals surface area (Å²) in [6.45, 7) is 16.0. The van der Waals surface area contributed by atoms with Crippen molar-refractivity contribution in [1.82, 2.24) is 0 Å². The van der Waals surface area contributed by atoms with Gasteiger partial charge in [-0.3, -0.25) is 19.2 Å². The van der Waals surface area contributed by atoms with Crippen LogP contribution in [0, 0.1) is 11.8 Å². The minimum absolute atomic E-state index is 0.103. The first kappa shape index (κ1) is 33.4. The molecule has 0 aliphatic heterocycles. The van der Waals surface area contributed by atoms with Gasteiger partial charge in [-0.15, -0.1) is 0 Å². The molecule has 0 rings (SSSR count). The van der Waals surface area contributed by atoms with E-state index in [-0.39, 0.29) is 24.4 Å². The molecule has 30 heavy (non-hydrogen) atoms. The van der Waals surface area contributed by atoms with Gasteiger partial charge in [0.2, 0.25) is 0 Å². The maximum absolute atomic E-state index is 11.1. The quantitative estimate of drug-likeness (QED) is 0.240. The van der Waals surface area contributed by atoms with E-state index in [1.54, 1.807) is 13.8 Å². The number of ketones is 2. The zero-order valence-electron chi connectivity index (χ0n) is 19.6. The smallest absolute Gasteiger partial charge is 0.313 e. The van der Waals surface area contributed by atoms with Crippen molar-refractivity contribution in [2.45, 2.75) is 68.2 Å². The third-order valence-corrected chi connectivity index (χ3v) is 3.72. The van der Waals surface area contributed by atoms with E-state index < -0.39 is 30.6 Å². The van der Waals surface area contributed by atoms with Crippen molar-refractivity contribution in [2.24, 2.45) is 11.8 Å². The molecule has 0 saturated heterocycles. The van der Waals surface area contributed by atoms with E-state index >= 15 is 0 Å². The molecule has 0 amide bonds. The molecule has 0 fully saturated rings. The summed E-state index contributed by atoms with van der Waals surface area (Å²) in [5, 5.41) is 0. The molecule has 0 radical (unpaired) electrons. The van der Waals surface area contributed by atoms with E-state index in [0.717, 1.165) is 0 Å². The molecule has 0 unspecified atom stereocenters. The van der Waals surface area contributed by atoms with Crippen LogP contribution in [0.2, 0.25) is 0 Å². The van der Waals surface area contributed by atoms with Gasteiger partial charge in [0.25, 0.3) is 0 Å². The normalized spacial score (nSPS) is 9.67. The Hall–Kier alpha value is -1.29. The summed E-state index contributed by atoms with van der Waals surface area (Å²) >= 11 is -2.82. The van der Waals surface area contributed by atoms with Gasteiger partial charge in [0, 0.05) is 0 Å². The summed E-state index contributed by atoms with van der Waals surface area (Å²) in [6, 6.07) is 0.